The van der Waals surface area contributed by atoms with Crippen molar-refractivity contribution in [1.82, 2.24) is 37.0 Å². The number of likely N-dealkylation sites (N-methyl/N-ethyl adjacent to an activating group) is 1. The summed E-state index contributed by atoms with van der Waals surface area (Å²) in [6.45, 7) is 14.0. The summed E-state index contributed by atoms with van der Waals surface area (Å²) in [7, 11) is 3.64. The molecule has 4 heterocycles. The lowest BCUT2D eigenvalue weighted by molar-refractivity contribution is -0.337. The number of hydrogen-bond donors (Lipinski definition) is 16. The minimum Gasteiger partial charge on any atom is -0.492 e. The highest BCUT2D eigenvalue weighted by Crippen LogP contribution is 2.52. The van der Waals surface area contributed by atoms with Crippen LogP contribution in [0.25, 0.3) is 0 Å². The number of primary amides is 1. The van der Waals surface area contributed by atoms with Crippen LogP contribution in [0.1, 0.15) is 128 Å². The number of carbonyl (C=O) groups excluding carboxylic acids is 9. The molecule has 2 aromatic rings. The van der Waals surface area contributed by atoms with Gasteiger partial charge in [0.1, 0.15) is 66.3 Å². The molecule has 4 aliphatic heterocycles. The Bertz CT molecular complexity index is 4520. The monoisotopic (exact) mass is 2000 g/mol. The lowest BCUT2D eigenvalue weighted by Gasteiger charge is -2.47. The predicted octanol–water partition coefficient (Wildman–Crippen LogP) is 3.14. The third kappa shape index (κ3) is 28.5. The molecule has 6 aliphatic rings. The summed E-state index contributed by atoms with van der Waals surface area (Å²) in [6.07, 6.45) is -17.3. The summed E-state index contributed by atoms with van der Waals surface area (Å²) >= 11 is 2.72. The molecule has 0 saturated carbocycles. The summed E-state index contributed by atoms with van der Waals surface area (Å²) in [6, 6.07) is -0.0150. The second-order valence-corrected chi connectivity index (χ2v) is 38.6. The van der Waals surface area contributed by atoms with Crippen molar-refractivity contribution in [1.29, 1.82) is 0 Å². The van der Waals surface area contributed by atoms with Crippen LogP contribution in [-0.2, 0) is 87.4 Å². The molecule has 0 radical (unpaired) electrons. The molecule has 0 aromatic heterocycles. The van der Waals surface area contributed by atoms with Gasteiger partial charge in [-0.25, -0.2) is 14.4 Å². The minimum atomic E-state index is -4.58. The maximum absolute atomic E-state index is 14.7. The molecule has 2 aliphatic carbocycles. The first-order valence-corrected chi connectivity index (χ1v) is 47.6. The summed E-state index contributed by atoms with van der Waals surface area (Å²) < 4.78 is 91.4. The molecule has 23 atom stereocenters. The molecule has 8 rings (SSSR count). The zero-order chi connectivity index (χ0) is 95.1. The first kappa shape index (κ1) is 107. The van der Waals surface area contributed by atoms with Gasteiger partial charge in [0.2, 0.25) is 40.8 Å². The van der Waals surface area contributed by atoms with E-state index in [1.807, 2.05) is 22.6 Å². The van der Waals surface area contributed by atoms with Gasteiger partial charge < -0.3 is 140 Å². The first-order valence-electron chi connectivity index (χ1n) is 41.6. The molecule has 41 nitrogen and oxygen atoms in total. The number of hydrogen-bond acceptors (Lipinski definition) is 34. The van der Waals surface area contributed by atoms with Gasteiger partial charge in [-0.15, -0.1) is 0 Å². The molecule has 4 fully saturated rings. The number of fused-ring (bicyclic) bond motifs is 2. The van der Waals surface area contributed by atoms with Crippen LogP contribution in [-0.4, -0.2) is 299 Å². The van der Waals surface area contributed by atoms with Crippen LogP contribution in [0.5, 0.6) is 17.2 Å². The Kier molecular flexibility index (Phi) is 41.4. The fourth-order valence-electron chi connectivity index (χ4n) is 14.9. The van der Waals surface area contributed by atoms with Crippen LogP contribution < -0.4 is 63.1 Å². The molecule has 716 valence electrons. The van der Waals surface area contributed by atoms with Crippen molar-refractivity contribution in [2.75, 3.05) is 72.9 Å². The van der Waals surface area contributed by atoms with Crippen LogP contribution in [0.4, 0.5) is 20.1 Å². The van der Waals surface area contributed by atoms with E-state index in [-0.39, 0.29) is 104 Å². The molecule has 129 heavy (non-hydrogen) atoms. The lowest BCUT2D eigenvalue weighted by Crippen LogP contribution is -2.65. The zero-order valence-corrected chi connectivity index (χ0v) is 79.3. The fourth-order valence-corrected chi connectivity index (χ4v) is 20.2. The second-order valence-electron chi connectivity index (χ2n) is 31.3. The van der Waals surface area contributed by atoms with Gasteiger partial charge in [0.05, 0.1) is 97.0 Å². The van der Waals surface area contributed by atoms with Gasteiger partial charge in [-0.05, 0) is 144 Å². The Morgan fingerprint density at radius 2 is 1.47 bits per heavy atom. The maximum Gasteiger partial charge on any atom is 0.411 e. The SMILES string of the molecule is CCN(C(=O)OCc1ccc(NC(=O)[C@H](CCCNC(N)=O)NC(=O)[C@@H](NC(=O)[C@H](CCCCN)NC(C)=O)C(C)C)cc1)[C@H]1CO[C@@H](O[C@H]2[C@H](O[C@H]3C#CC=CC#C[C@]4(O)CC(=O)C(NC(=O)OC)=C3/C4=C\CSSC(C)P(=O)(O)O)O[C@H](C)[C@@H](NO[C@H]3C[C@H](O)[C@H](SC(=O)c4c(C)c(I)c(O[C@@H]5O[C@@H](C)[C@H](O)[C@@H](OC)[C@H]5O)c(OC)c4OC)[C@@H](C)O3)[C@@H]2O)C[C@@H]1OC. The summed E-state index contributed by atoms with van der Waals surface area (Å²) in [5.74, 6) is 7.30. The number of nitrogens with one attached hydrogen (secondary N) is 7. The number of ketones is 1. The molecule has 2 aromatic carbocycles. The second kappa shape index (κ2) is 50.0. The zero-order valence-electron chi connectivity index (χ0n) is 73.8. The van der Waals surface area contributed by atoms with E-state index in [4.69, 9.17) is 77.9 Å². The highest BCUT2D eigenvalue weighted by atomic mass is 127. The van der Waals surface area contributed by atoms with Crippen LogP contribution in [0.2, 0.25) is 0 Å². The van der Waals surface area contributed by atoms with Gasteiger partial charge in [0.15, 0.2) is 41.8 Å². The fraction of sp³-hybridized carbons (Fsp3) is 0.627. The number of hydroxylamine groups is 1. The third-order valence-corrected chi connectivity index (χ3v) is 29.5. The maximum atomic E-state index is 14.7. The quantitative estimate of drug-likeness (QED) is 0.0114. The number of allylic oxidation sites excluding steroid dienone is 3. The number of aliphatic hydroxyl groups is 5. The number of nitrogens with two attached hydrogens (primary N) is 2. The number of urea groups is 1. The number of thioether (sulfide) groups is 1. The number of ether oxygens (including phenoxy) is 13. The van der Waals surface area contributed by atoms with Gasteiger partial charge >= 0.3 is 25.8 Å². The molecular weight excluding hydrogens is 1890 g/mol. The number of Topliss-reactive ketones (excluding diaryl/α,β-unsaturated/α-hetero) is 1. The number of unbranched alkanes of at least 4 members (excludes halogenated alkanes) is 1. The van der Waals surface area contributed by atoms with E-state index in [0.29, 0.717) is 34.1 Å². The largest absolute Gasteiger partial charge is 0.492 e. The number of nitrogens with zero attached hydrogens (tertiary/aromatic N) is 1. The van der Waals surface area contributed by atoms with Crippen molar-refractivity contribution < 1.29 is 149 Å². The Labute approximate surface area is 773 Å². The number of aliphatic hydroxyl groups excluding tert-OH is 4. The summed E-state index contributed by atoms with van der Waals surface area (Å²) in [5, 5.41) is 73.5. The average molecular weight is 2010 g/mol. The van der Waals surface area contributed by atoms with Crippen LogP contribution in [0.3, 0.4) is 0 Å². The van der Waals surface area contributed by atoms with E-state index < -0.39 is 217 Å². The van der Waals surface area contributed by atoms with E-state index in [9.17, 15) is 83.0 Å². The van der Waals surface area contributed by atoms with Crippen molar-refractivity contribution in [3.63, 3.8) is 0 Å². The topological polar surface area (TPSA) is 581 Å². The molecule has 8 amide bonds. The van der Waals surface area contributed by atoms with Gasteiger partial charge in [-0.2, -0.15) is 5.48 Å². The smallest absolute Gasteiger partial charge is 0.411 e. The number of amides is 8. The van der Waals surface area contributed by atoms with Gasteiger partial charge in [0, 0.05) is 69.7 Å². The summed E-state index contributed by atoms with van der Waals surface area (Å²) in [4.78, 5) is 148. The Hall–Kier alpha value is -7.50. The summed E-state index contributed by atoms with van der Waals surface area (Å²) in [5.41, 5.74) is 11.8. The van der Waals surface area contributed by atoms with Crippen LogP contribution in [0, 0.1) is 40.1 Å². The number of halogens is 1. The average Bonchev–Trinajstić information content (AvgIpc) is 0.755. The Morgan fingerprint density at radius 3 is 2.10 bits per heavy atom. The van der Waals surface area contributed by atoms with Crippen molar-refractivity contribution in [3.8, 4) is 40.9 Å². The molecule has 2 bridgehead atoms. The van der Waals surface area contributed by atoms with Crippen molar-refractivity contribution in [3.05, 3.63) is 79.6 Å². The lowest BCUT2D eigenvalue weighted by atomic mass is 9.75. The predicted molar refractivity (Wildman–Crippen MR) is 478 cm³/mol. The van der Waals surface area contributed by atoms with E-state index in [1.54, 1.807) is 65.8 Å². The number of rotatable bonds is 41. The number of anilines is 1. The van der Waals surface area contributed by atoms with Crippen LogP contribution in [0.15, 0.2) is 59.3 Å². The highest BCUT2D eigenvalue weighted by molar-refractivity contribution is 14.1. The van der Waals surface area contributed by atoms with Gasteiger partial charge in [0.25, 0.3) is 0 Å². The van der Waals surface area contributed by atoms with E-state index >= 15 is 0 Å². The molecule has 46 heteroatoms. The standard InChI is InChI=1S/C83H118IN10O31PS3/c1-15-94(82(107)118-38-47-26-28-48(29-27-47)89-74(101)51(24-22-33-87-80(86)105)90-76(103)62(40(2)3)91-75(102)50(88-45(8)95)23-19-21-32-85)52-39-117-57(36-56(52)112-10)123-71-66(99)63(42(5)120-79(71)122-55-25-18-16-17-20-31-83(108)37-54(97)64(92-81(106)116-14)60(55)49(83)30-34-127-129-46(9)126(109,110)111)93-125-58-35-53(96)73(44(7)119-58)128-77(104)59-41(4)61(84)69(72(115-13)68(59)113-11)124-78-67(100)70(114-12)65(98)43(6)121-78/h16-17,26-30,40,42-44,46,50-53,55-58,62-63,65-67,70-71,73,78-79,93,96,98-100,108H,15,19,21-24,32-39,85H2,1-14H3,(H,88,95)(H,89,101)(H,90,103)(H,91,102)(H,92,106)(H3,86,87,105)(H2,109,110,111)/b17-16?,49-30+/t42-,43+,44-,46?,50+,51+,52+,53+,55+,56+,57+,58+,62+,63-,65+,66+,67-,70-,71-,73-,78+,79+,83+/m1/s1. The van der Waals surface area contributed by atoms with E-state index in [0.717, 1.165) is 40.5 Å². The number of methoxy groups -OCH3 is 5. The normalized spacial score (nSPS) is 28.1. The van der Waals surface area contributed by atoms with Crippen molar-refractivity contribution >= 4 is 122 Å². The minimum absolute atomic E-state index is 0.0161. The third-order valence-electron chi connectivity index (χ3n) is 21.9. The highest BCUT2D eigenvalue weighted by Gasteiger charge is 2.53. The van der Waals surface area contributed by atoms with Crippen LogP contribution >= 0.6 is 63.5 Å². The Balaban J connectivity index is 1.01. The van der Waals surface area contributed by atoms with E-state index in [1.165, 1.54) is 72.3 Å². The molecule has 0 spiro atoms. The van der Waals surface area contributed by atoms with Gasteiger partial charge in [-0.1, -0.05) is 89.1 Å². The molecule has 4 saturated heterocycles. The number of alkyl carbamates (subject to hydrolysis) is 1. The van der Waals surface area contributed by atoms with E-state index in [2.05, 4.69) is 61.1 Å². The molecule has 18 N–H and O–H groups in total. The van der Waals surface area contributed by atoms with Gasteiger partial charge in [-0.3, -0.25) is 43.5 Å². The number of carbonyl (C=O) groups is 9. The van der Waals surface area contributed by atoms with Crippen molar-refractivity contribution in [2.45, 2.75) is 259 Å². The van der Waals surface area contributed by atoms with Crippen molar-refractivity contribution in [2.24, 2.45) is 17.4 Å². The molecule has 1 unspecified atom stereocenters. The Morgan fingerprint density at radius 1 is 0.791 bits per heavy atom. The first-order chi connectivity index (χ1) is 61.2. The number of benzene rings is 2. The molecular formula is C83H118IN10O31PS3.